The zero-order valence-corrected chi connectivity index (χ0v) is 8.45. The van der Waals surface area contributed by atoms with Crippen LogP contribution in [0.3, 0.4) is 0 Å². The lowest BCUT2D eigenvalue weighted by atomic mass is 9.99. The Morgan fingerprint density at radius 2 is 1.69 bits per heavy atom. The molecule has 3 heteroatoms. The number of hydrogen-bond acceptors (Lipinski definition) is 1. The summed E-state index contributed by atoms with van der Waals surface area (Å²) in [4.78, 5) is 0. The highest BCUT2D eigenvalue weighted by atomic mass is 19.1. The van der Waals surface area contributed by atoms with E-state index in [9.17, 15) is 8.78 Å². The summed E-state index contributed by atoms with van der Waals surface area (Å²) >= 11 is 0. The molecule has 0 saturated heterocycles. The maximum atomic E-state index is 13.5. The van der Waals surface area contributed by atoms with Crippen molar-refractivity contribution in [3.8, 4) is 11.1 Å². The van der Waals surface area contributed by atoms with Crippen LogP contribution in [-0.2, 0) is 6.61 Å². The van der Waals surface area contributed by atoms with Crippen LogP contribution in [0.2, 0.25) is 0 Å². The van der Waals surface area contributed by atoms with Gasteiger partial charge in [-0.1, -0.05) is 24.3 Å². The van der Waals surface area contributed by atoms with Crippen LogP contribution < -0.4 is 0 Å². The summed E-state index contributed by atoms with van der Waals surface area (Å²) in [5.74, 6) is -0.826. The minimum absolute atomic E-state index is 0.318. The molecule has 0 fully saturated rings. The molecule has 0 amide bonds. The zero-order valence-electron chi connectivity index (χ0n) is 8.45. The standard InChI is InChI=1S/C13H10F2O/c14-10-5-6-11(9(7-10)8-16)12-3-1-2-4-13(12)15/h1-7,16H,8H2. The summed E-state index contributed by atoms with van der Waals surface area (Å²) in [6, 6.07) is 10.1. The third-order valence-electron chi connectivity index (χ3n) is 2.40. The van der Waals surface area contributed by atoms with Gasteiger partial charge in [-0.25, -0.2) is 8.78 Å². The molecule has 1 nitrogen and oxygen atoms in total. The molecule has 2 rings (SSSR count). The molecule has 0 aliphatic rings. The second kappa shape index (κ2) is 4.41. The van der Waals surface area contributed by atoms with Crippen LogP contribution in [0.4, 0.5) is 8.78 Å². The Balaban J connectivity index is 2.60. The fourth-order valence-corrected chi connectivity index (χ4v) is 1.64. The fraction of sp³-hybridized carbons (Fsp3) is 0.0769. The van der Waals surface area contributed by atoms with Gasteiger partial charge < -0.3 is 5.11 Å². The van der Waals surface area contributed by atoms with Crippen molar-refractivity contribution in [1.29, 1.82) is 0 Å². The van der Waals surface area contributed by atoms with Gasteiger partial charge in [0.2, 0.25) is 0 Å². The van der Waals surface area contributed by atoms with Crippen molar-refractivity contribution in [3.05, 3.63) is 59.7 Å². The van der Waals surface area contributed by atoms with Gasteiger partial charge in [-0.3, -0.25) is 0 Å². The number of benzene rings is 2. The number of rotatable bonds is 2. The van der Waals surface area contributed by atoms with E-state index in [0.717, 1.165) is 0 Å². The van der Waals surface area contributed by atoms with E-state index in [1.807, 2.05) is 0 Å². The first-order valence-electron chi connectivity index (χ1n) is 4.86. The molecule has 2 aromatic rings. The lowest BCUT2D eigenvalue weighted by Gasteiger charge is -2.08. The third-order valence-corrected chi connectivity index (χ3v) is 2.40. The van der Waals surface area contributed by atoms with Crippen molar-refractivity contribution < 1.29 is 13.9 Å². The topological polar surface area (TPSA) is 20.2 Å². The molecule has 1 N–H and O–H groups in total. The van der Waals surface area contributed by atoms with Gasteiger partial charge in [0.25, 0.3) is 0 Å². The van der Waals surface area contributed by atoms with Crippen LogP contribution in [-0.4, -0.2) is 5.11 Å². The van der Waals surface area contributed by atoms with E-state index in [0.29, 0.717) is 16.7 Å². The van der Waals surface area contributed by atoms with Crippen LogP contribution in [0.5, 0.6) is 0 Å². The lowest BCUT2D eigenvalue weighted by Crippen LogP contribution is -1.93. The SMILES string of the molecule is OCc1cc(F)ccc1-c1ccccc1F. The summed E-state index contributed by atoms with van der Waals surface area (Å²) in [5, 5.41) is 9.11. The van der Waals surface area contributed by atoms with Crippen LogP contribution >= 0.6 is 0 Å². The molecule has 0 aliphatic carbocycles. The van der Waals surface area contributed by atoms with Gasteiger partial charge in [0.1, 0.15) is 11.6 Å². The number of halogens is 2. The predicted molar refractivity (Wildman–Crippen MR) is 57.7 cm³/mol. The molecule has 0 saturated carbocycles. The van der Waals surface area contributed by atoms with Gasteiger partial charge in [-0.05, 0) is 29.3 Å². The van der Waals surface area contributed by atoms with E-state index in [-0.39, 0.29) is 12.4 Å². The van der Waals surface area contributed by atoms with Crippen LogP contribution in [0.15, 0.2) is 42.5 Å². The Hall–Kier alpha value is -1.74. The smallest absolute Gasteiger partial charge is 0.131 e. The van der Waals surface area contributed by atoms with Gasteiger partial charge in [0.15, 0.2) is 0 Å². The van der Waals surface area contributed by atoms with Gasteiger partial charge in [0.05, 0.1) is 6.61 Å². The van der Waals surface area contributed by atoms with Crippen LogP contribution in [0.25, 0.3) is 11.1 Å². The minimum atomic E-state index is -0.441. The van der Waals surface area contributed by atoms with Gasteiger partial charge in [0, 0.05) is 5.56 Å². The Kier molecular flexibility index (Phi) is 2.97. The molecule has 0 radical (unpaired) electrons. The Bertz CT molecular complexity index is 509. The van der Waals surface area contributed by atoms with E-state index in [1.165, 1.54) is 24.3 Å². The molecular formula is C13H10F2O. The minimum Gasteiger partial charge on any atom is -0.392 e. The Morgan fingerprint density at radius 1 is 0.938 bits per heavy atom. The molecule has 2 aromatic carbocycles. The maximum absolute atomic E-state index is 13.5. The summed E-state index contributed by atoms with van der Waals surface area (Å²) in [5.41, 5.74) is 1.26. The van der Waals surface area contributed by atoms with Crippen molar-refractivity contribution >= 4 is 0 Å². The van der Waals surface area contributed by atoms with Gasteiger partial charge in [-0.2, -0.15) is 0 Å². The van der Waals surface area contributed by atoms with E-state index in [4.69, 9.17) is 5.11 Å². The number of aliphatic hydroxyl groups excluding tert-OH is 1. The van der Waals surface area contributed by atoms with Gasteiger partial charge >= 0.3 is 0 Å². The summed E-state index contributed by atoms with van der Waals surface area (Å²) in [7, 11) is 0. The quantitative estimate of drug-likeness (QED) is 0.824. The van der Waals surface area contributed by atoms with Crippen molar-refractivity contribution in [3.63, 3.8) is 0 Å². The monoisotopic (exact) mass is 220 g/mol. The first-order valence-corrected chi connectivity index (χ1v) is 4.86. The second-order valence-electron chi connectivity index (χ2n) is 3.44. The first kappa shape index (κ1) is 10.8. The molecule has 0 aliphatic heterocycles. The first-order chi connectivity index (χ1) is 7.72. The second-order valence-corrected chi connectivity index (χ2v) is 3.44. The summed E-state index contributed by atoms with van der Waals surface area (Å²) in [6.45, 7) is -0.318. The Morgan fingerprint density at radius 3 is 2.38 bits per heavy atom. The third kappa shape index (κ3) is 1.95. The molecule has 16 heavy (non-hydrogen) atoms. The molecule has 0 spiro atoms. The molecular weight excluding hydrogens is 210 g/mol. The van der Waals surface area contributed by atoms with Crippen molar-refractivity contribution in [2.45, 2.75) is 6.61 Å². The fourth-order valence-electron chi connectivity index (χ4n) is 1.64. The van der Waals surface area contributed by atoms with Crippen molar-refractivity contribution in [2.24, 2.45) is 0 Å². The number of aliphatic hydroxyl groups is 1. The number of hydrogen-bond donors (Lipinski definition) is 1. The van der Waals surface area contributed by atoms with Gasteiger partial charge in [-0.15, -0.1) is 0 Å². The highest BCUT2D eigenvalue weighted by Crippen LogP contribution is 2.26. The molecule has 0 unspecified atom stereocenters. The highest BCUT2D eigenvalue weighted by Gasteiger charge is 2.09. The van der Waals surface area contributed by atoms with E-state index in [2.05, 4.69) is 0 Å². The highest BCUT2D eigenvalue weighted by molar-refractivity contribution is 5.67. The van der Waals surface area contributed by atoms with Crippen LogP contribution in [0, 0.1) is 11.6 Å². The molecule has 0 heterocycles. The summed E-state index contributed by atoms with van der Waals surface area (Å²) in [6.07, 6.45) is 0. The lowest BCUT2D eigenvalue weighted by molar-refractivity contribution is 0.281. The molecule has 0 aromatic heterocycles. The van der Waals surface area contributed by atoms with E-state index >= 15 is 0 Å². The molecule has 0 atom stereocenters. The van der Waals surface area contributed by atoms with Crippen molar-refractivity contribution in [2.75, 3.05) is 0 Å². The molecule has 82 valence electrons. The average Bonchev–Trinajstić information content (AvgIpc) is 2.30. The molecule has 0 bridgehead atoms. The normalized spacial score (nSPS) is 10.4. The summed E-state index contributed by atoms with van der Waals surface area (Å²) < 4.78 is 26.5. The van der Waals surface area contributed by atoms with E-state index in [1.54, 1.807) is 18.2 Å². The predicted octanol–water partition coefficient (Wildman–Crippen LogP) is 3.12. The van der Waals surface area contributed by atoms with Crippen LogP contribution in [0.1, 0.15) is 5.56 Å². The van der Waals surface area contributed by atoms with E-state index < -0.39 is 5.82 Å². The zero-order chi connectivity index (χ0) is 11.5. The average molecular weight is 220 g/mol. The largest absolute Gasteiger partial charge is 0.392 e. The Labute approximate surface area is 92.0 Å². The maximum Gasteiger partial charge on any atom is 0.131 e. The van der Waals surface area contributed by atoms with Crippen molar-refractivity contribution in [1.82, 2.24) is 0 Å².